The average molecular weight is 610 g/mol. The van der Waals surface area contributed by atoms with Gasteiger partial charge in [-0.2, -0.15) is 0 Å². The van der Waals surface area contributed by atoms with Crippen molar-refractivity contribution in [1.29, 1.82) is 0 Å². The summed E-state index contributed by atoms with van der Waals surface area (Å²) in [7, 11) is 0. The molecular formula is C27H45BrO10. The summed E-state index contributed by atoms with van der Waals surface area (Å²) in [6.45, 7) is 13.6. The largest absolute Gasteiger partial charge is 0.466 e. The Hall–Kier alpha value is -2.17. The van der Waals surface area contributed by atoms with Crippen LogP contribution in [0.25, 0.3) is 0 Å². The van der Waals surface area contributed by atoms with Gasteiger partial charge in [0, 0.05) is 0 Å². The highest BCUT2D eigenvalue weighted by atomic mass is 79.9. The first-order valence-corrected chi connectivity index (χ1v) is 14.1. The summed E-state index contributed by atoms with van der Waals surface area (Å²) in [6, 6.07) is 0. The number of halogens is 1. The normalized spacial score (nSPS) is 14.0. The molecule has 11 heteroatoms. The lowest BCUT2D eigenvalue weighted by molar-refractivity contribution is -0.173. The fraction of sp³-hybridized carbons (Fsp3) is 0.815. The van der Waals surface area contributed by atoms with Crippen molar-refractivity contribution in [3.8, 4) is 0 Å². The molecular weight excluding hydrogens is 564 g/mol. The van der Waals surface area contributed by atoms with Gasteiger partial charge in [0.1, 0.15) is 10.4 Å². The second-order valence-corrected chi connectivity index (χ2v) is 11.2. The molecule has 0 fully saturated rings. The monoisotopic (exact) mass is 608 g/mol. The number of unbranched alkanes of at least 4 members (excludes halogenated alkanes) is 1. The van der Waals surface area contributed by atoms with E-state index in [9.17, 15) is 24.0 Å². The van der Waals surface area contributed by atoms with E-state index in [1.54, 1.807) is 41.5 Å². The summed E-state index contributed by atoms with van der Waals surface area (Å²) >= 11 is 3.30. The van der Waals surface area contributed by atoms with Crippen molar-refractivity contribution >= 4 is 45.8 Å². The number of esters is 5. The average Bonchev–Trinajstić information content (AvgIpc) is 2.82. The number of hydrogen-bond acceptors (Lipinski definition) is 10. The third kappa shape index (κ3) is 12.6. The molecule has 0 aliphatic heterocycles. The molecule has 0 aromatic carbocycles. The van der Waals surface area contributed by atoms with Crippen molar-refractivity contribution in [2.24, 2.45) is 17.3 Å². The molecule has 3 atom stereocenters. The van der Waals surface area contributed by atoms with E-state index in [1.807, 2.05) is 6.92 Å². The van der Waals surface area contributed by atoms with Crippen LogP contribution in [-0.2, 0) is 47.7 Å². The van der Waals surface area contributed by atoms with Gasteiger partial charge in [-0.15, -0.1) is 0 Å². The highest BCUT2D eigenvalue weighted by Crippen LogP contribution is 2.35. The summed E-state index contributed by atoms with van der Waals surface area (Å²) in [4.78, 5) is 63.6. The molecule has 0 aromatic heterocycles. The highest BCUT2D eigenvalue weighted by molar-refractivity contribution is 9.10. The second-order valence-electron chi connectivity index (χ2n) is 10.1. The van der Waals surface area contributed by atoms with Crippen molar-refractivity contribution in [2.45, 2.75) is 97.9 Å². The Morgan fingerprint density at radius 1 is 0.684 bits per heavy atom. The summed E-state index contributed by atoms with van der Waals surface area (Å²) in [5.74, 6) is -5.56. The van der Waals surface area contributed by atoms with E-state index in [0.29, 0.717) is 6.42 Å². The van der Waals surface area contributed by atoms with Gasteiger partial charge in [0.2, 0.25) is 0 Å². The third-order valence-electron chi connectivity index (χ3n) is 5.53. The van der Waals surface area contributed by atoms with Crippen LogP contribution in [0.1, 0.15) is 87.5 Å². The first-order chi connectivity index (χ1) is 17.7. The van der Waals surface area contributed by atoms with E-state index in [4.69, 9.17) is 23.7 Å². The Kier molecular flexibility index (Phi) is 16.4. The number of carbonyl (C=O) groups excluding carboxylic acids is 5. The van der Waals surface area contributed by atoms with E-state index in [0.717, 1.165) is 6.42 Å². The molecule has 0 rings (SSSR count). The Labute approximate surface area is 234 Å². The molecule has 0 saturated heterocycles. The predicted molar refractivity (Wildman–Crippen MR) is 143 cm³/mol. The SMILES string of the molecule is CCCCOC(=O)C(CC(CC(Br)C(=O)OC(C)(C)C)C(=O)OCC)CC(C)(C(=O)OCC)C(=O)OCC. The minimum atomic E-state index is -1.82. The van der Waals surface area contributed by atoms with Crippen molar-refractivity contribution in [3.63, 3.8) is 0 Å². The zero-order chi connectivity index (χ0) is 29.5. The highest BCUT2D eigenvalue weighted by Gasteiger charge is 2.48. The van der Waals surface area contributed by atoms with E-state index in [2.05, 4.69) is 15.9 Å². The van der Waals surface area contributed by atoms with Crippen LogP contribution >= 0.6 is 15.9 Å². The molecule has 0 amide bonds. The number of rotatable bonds is 17. The van der Waals surface area contributed by atoms with Crippen LogP contribution < -0.4 is 0 Å². The van der Waals surface area contributed by atoms with Gasteiger partial charge in [-0.05, 0) is 74.1 Å². The van der Waals surface area contributed by atoms with Gasteiger partial charge >= 0.3 is 29.8 Å². The fourth-order valence-electron chi connectivity index (χ4n) is 3.63. The standard InChI is InChI=1S/C27H45BrO10/c1-9-13-14-37-22(30)19(17-27(8,24(32)35-11-3)25(33)36-12-4)15-18(21(29)34-10-2)16-20(28)23(31)38-26(5,6)7/h18-20H,9-17H2,1-8H3. The van der Waals surface area contributed by atoms with Crippen LogP contribution in [0.15, 0.2) is 0 Å². The van der Waals surface area contributed by atoms with Crippen LogP contribution in [0.3, 0.4) is 0 Å². The molecule has 38 heavy (non-hydrogen) atoms. The van der Waals surface area contributed by atoms with Crippen LogP contribution in [0, 0.1) is 17.3 Å². The molecule has 0 aliphatic carbocycles. The lowest BCUT2D eigenvalue weighted by Crippen LogP contribution is -2.43. The zero-order valence-electron chi connectivity index (χ0n) is 24.1. The van der Waals surface area contributed by atoms with Crippen LogP contribution in [0.4, 0.5) is 0 Å². The first kappa shape index (κ1) is 35.8. The van der Waals surface area contributed by atoms with Gasteiger partial charge in [-0.1, -0.05) is 29.3 Å². The number of alkyl halides is 1. The third-order valence-corrected chi connectivity index (χ3v) is 6.27. The van der Waals surface area contributed by atoms with Gasteiger partial charge in [0.05, 0.1) is 38.3 Å². The minimum Gasteiger partial charge on any atom is -0.466 e. The van der Waals surface area contributed by atoms with Gasteiger partial charge in [0.15, 0.2) is 5.41 Å². The Morgan fingerprint density at radius 2 is 1.18 bits per heavy atom. The summed E-state index contributed by atoms with van der Waals surface area (Å²) < 4.78 is 26.3. The number of carbonyl (C=O) groups is 5. The summed E-state index contributed by atoms with van der Waals surface area (Å²) in [5.41, 5.74) is -2.56. The van der Waals surface area contributed by atoms with Gasteiger partial charge in [-0.3, -0.25) is 24.0 Å². The Bertz CT molecular complexity index is 771. The van der Waals surface area contributed by atoms with Gasteiger partial charge in [-0.25, -0.2) is 0 Å². The lowest BCUT2D eigenvalue weighted by atomic mass is 9.77. The molecule has 220 valence electrons. The fourth-order valence-corrected chi connectivity index (χ4v) is 4.17. The molecule has 0 aromatic rings. The van der Waals surface area contributed by atoms with Gasteiger partial charge < -0.3 is 23.7 Å². The van der Waals surface area contributed by atoms with Crippen molar-refractivity contribution in [3.05, 3.63) is 0 Å². The van der Waals surface area contributed by atoms with E-state index in [1.165, 1.54) is 6.92 Å². The molecule has 0 aliphatic rings. The van der Waals surface area contributed by atoms with Crippen LogP contribution in [0.5, 0.6) is 0 Å². The molecule has 0 spiro atoms. The van der Waals surface area contributed by atoms with E-state index >= 15 is 0 Å². The molecule has 0 bridgehead atoms. The Balaban J connectivity index is 6.25. The smallest absolute Gasteiger partial charge is 0.323 e. The predicted octanol–water partition coefficient (Wildman–Crippen LogP) is 4.53. The van der Waals surface area contributed by atoms with Gasteiger partial charge in [0.25, 0.3) is 0 Å². The van der Waals surface area contributed by atoms with E-state index < -0.39 is 57.5 Å². The van der Waals surface area contributed by atoms with Crippen molar-refractivity contribution in [2.75, 3.05) is 26.4 Å². The number of hydrogen-bond donors (Lipinski definition) is 0. The summed E-state index contributed by atoms with van der Waals surface area (Å²) in [6.07, 6.45) is 0.916. The molecule has 0 saturated carbocycles. The molecule has 10 nitrogen and oxygen atoms in total. The maximum Gasteiger partial charge on any atom is 0.323 e. The van der Waals surface area contributed by atoms with Crippen molar-refractivity contribution in [1.82, 2.24) is 0 Å². The zero-order valence-corrected chi connectivity index (χ0v) is 25.6. The number of ether oxygens (including phenoxy) is 5. The van der Waals surface area contributed by atoms with Crippen LogP contribution in [0.2, 0.25) is 0 Å². The summed E-state index contributed by atoms with van der Waals surface area (Å²) in [5, 5.41) is 0. The van der Waals surface area contributed by atoms with Crippen molar-refractivity contribution < 1.29 is 47.7 Å². The molecule has 0 N–H and O–H groups in total. The second kappa shape index (κ2) is 17.4. The molecule has 0 heterocycles. The maximum atomic E-state index is 13.2. The molecule has 3 unspecified atom stereocenters. The topological polar surface area (TPSA) is 132 Å². The van der Waals surface area contributed by atoms with Crippen LogP contribution in [-0.4, -0.2) is 66.7 Å². The quantitative estimate of drug-likeness (QED) is 0.0762. The minimum absolute atomic E-state index is 0.0199. The van der Waals surface area contributed by atoms with E-state index in [-0.39, 0.29) is 45.7 Å². The Morgan fingerprint density at radius 3 is 1.63 bits per heavy atom. The first-order valence-electron chi connectivity index (χ1n) is 13.2. The molecule has 0 radical (unpaired) electrons. The lowest BCUT2D eigenvalue weighted by Gasteiger charge is -2.30. The maximum absolute atomic E-state index is 13.2.